The van der Waals surface area contributed by atoms with E-state index in [1.165, 1.54) is 17.0 Å². The summed E-state index contributed by atoms with van der Waals surface area (Å²) in [4.78, 5) is 18.7. The number of nitrogens with one attached hydrogen (secondary N) is 1. The molecule has 2 aromatic carbocycles. The molecule has 7 nitrogen and oxygen atoms in total. The smallest absolute Gasteiger partial charge is 0.322 e. The molecule has 2 aromatic rings. The third kappa shape index (κ3) is 7.38. The number of hydrazone groups is 1. The summed E-state index contributed by atoms with van der Waals surface area (Å²) in [5, 5.41) is 6.62. The third-order valence-electron chi connectivity index (χ3n) is 6.83. The molecule has 1 saturated heterocycles. The van der Waals surface area contributed by atoms with Crippen molar-refractivity contribution in [1.82, 2.24) is 14.7 Å². The molecule has 0 unspecified atom stereocenters. The summed E-state index contributed by atoms with van der Waals surface area (Å²) >= 11 is 6.25. The molecule has 3 N–H and O–H groups in total. The number of hydrogen-bond acceptors (Lipinski definition) is 5. The van der Waals surface area contributed by atoms with E-state index < -0.39 is 17.6 Å². The van der Waals surface area contributed by atoms with Crippen molar-refractivity contribution in [2.45, 2.75) is 19.6 Å². The van der Waals surface area contributed by atoms with Crippen molar-refractivity contribution in [1.29, 1.82) is 0 Å². The quantitative estimate of drug-likeness (QED) is 0.131. The summed E-state index contributed by atoms with van der Waals surface area (Å²) < 4.78 is 41.9. The molecule has 0 aromatic heterocycles. The summed E-state index contributed by atoms with van der Waals surface area (Å²) in [6.07, 6.45) is 0.527. The van der Waals surface area contributed by atoms with Gasteiger partial charge in [-0.25, -0.2) is 0 Å². The number of amides is 1. The number of allylic oxidation sites excluding steroid dienone is 3. The molecule has 0 atom stereocenters. The van der Waals surface area contributed by atoms with Crippen LogP contribution in [0.3, 0.4) is 0 Å². The highest BCUT2D eigenvalue weighted by Crippen LogP contribution is 2.35. The molecule has 0 spiro atoms. The van der Waals surface area contributed by atoms with E-state index in [0.717, 1.165) is 24.7 Å². The van der Waals surface area contributed by atoms with Crippen molar-refractivity contribution in [3.8, 4) is 11.8 Å². The fraction of sp³-hybridized carbons (Fsp3) is 0.267. The number of nitrogens with zero attached hydrogens (tertiary/aromatic N) is 4. The minimum absolute atomic E-state index is 0.0494. The van der Waals surface area contributed by atoms with Gasteiger partial charge >= 0.3 is 6.18 Å². The summed E-state index contributed by atoms with van der Waals surface area (Å²) in [7, 11) is 1.99. The lowest BCUT2D eigenvalue weighted by molar-refractivity contribution is -0.138. The van der Waals surface area contributed by atoms with E-state index >= 15 is 0 Å². The zero-order chi connectivity index (χ0) is 29.7. The molecule has 0 aliphatic carbocycles. The maximum absolute atomic E-state index is 14.0. The van der Waals surface area contributed by atoms with Crippen LogP contribution in [0.25, 0.3) is 0 Å². The Morgan fingerprint density at radius 1 is 1.17 bits per heavy atom. The van der Waals surface area contributed by atoms with Crippen LogP contribution >= 0.6 is 11.6 Å². The molecule has 4 rings (SSSR count). The van der Waals surface area contributed by atoms with Crippen LogP contribution < -0.4 is 11.2 Å². The predicted octanol–water partition coefficient (Wildman–Crippen LogP) is 5.10. The van der Waals surface area contributed by atoms with Gasteiger partial charge < -0.3 is 16.1 Å². The topological polar surface area (TPSA) is 77.2 Å². The number of anilines is 1. The second kappa shape index (κ2) is 12.6. The molecule has 1 amide bonds. The number of benzene rings is 2. The summed E-state index contributed by atoms with van der Waals surface area (Å²) in [6.45, 7) is 8.89. The number of amidine groups is 1. The first-order valence-electron chi connectivity index (χ1n) is 12.8. The number of halogens is 4. The molecule has 2 heterocycles. The number of piperazine rings is 1. The second-order valence-corrected chi connectivity index (χ2v) is 10.2. The Morgan fingerprint density at radius 3 is 2.56 bits per heavy atom. The van der Waals surface area contributed by atoms with Gasteiger partial charge in [0.15, 0.2) is 0 Å². The number of rotatable bonds is 4. The summed E-state index contributed by atoms with van der Waals surface area (Å²) in [5.74, 6) is 10.9. The lowest BCUT2D eigenvalue weighted by Gasteiger charge is -2.33. The number of aryl methyl sites for hydroxylation is 1. The lowest BCUT2D eigenvalue weighted by Crippen LogP contribution is -2.44. The van der Waals surface area contributed by atoms with E-state index in [0.29, 0.717) is 29.5 Å². The Bertz CT molecular complexity index is 1490. The molecule has 41 heavy (non-hydrogen) atoms. The molecule has 1 fully saturated rings. The van der Waals surface area contributed by atoms with Gasteiger partial charge in [-0.3, -0.25) is 14.6 Å². The van der Waals surface area contributed by atoms with Gasteiger partial charge in [-0.2, -0.15) is 18.3 Å². The summed E-state index contributed by atoms with van der Waals surface area (Å²) in [6, 6.07) is 8.75. The largest absolute Gasteiger partial charge is 0.416 e. The van der Waals surface area contributed by atoms with E-state index in [1.807, 2.05) is 18.9 Å². The first-order chi connectivity index (χ1) is 19.5. The van der Waals surface area contributed by atoms with Crippen LogP contribution in [0.5, 0.6) is 0 Å². The van der Waals surface area contributed by atoms with E-state index in [1.54, 1.807) is 36.4 Å². The van der Waals surface area contributed by atoms with Crippen molar-refractivity contribution >= 4 is 29.0 Å². The van der Waals surface area contributed by atoms with Gasteiger partial charge in [-0.15, -0.1) is 0 Å². The predicted molar refractivity (Wildman–Crippen MR) is 156 cm³/mol. The maximum Gasteiger partial charge on any atom is 0.416 e. The van der Waals surface area contributed by atoms with E-state index in [9.17, 15) is 18.0 Å². The van der Waals surface area contributed by atoms with Gasteiger partial charge in [0, 0.05) is 55.2 Å². The van der Waals surface area contributed by atoms with Crippen molar-refractivity contribution in [2.24, 2.45) is 10.9 Å². The van der Waals surface area contributed by atoms with Crippen molar-refractivity contribution < 1.29 is 18.0 Å². The number of alkyl halides is 3. The lowest BCUT2D eigenvalue weighted by atomic mass is 10.0. The fourth-order valence-electron chi connectivity index (χ4n) is 4.44. The number of carbonyl (C=O) groups is 1. The molecule has 2 aliphatic heterocycles. The Labute approximate surface area is 242 Å². The molecule has 0 radical (unpaired) electrons. The Hall–Kier alpha value is -4.04. The standard InChI is InChI=1S/C30H30ClF3N6O/c1-20-7-8-23(17-22(20)10-12-28(37-35)40-21(2)5-4-6-27(40)31)29(41)36-25-11-9-24(26(18-25)30(32,33)34)19-39-15-13-38(3)14-16-39/h4-9,11,17-18H,2,13-16,19,35H2,1,3H3,(H,36,41). The molecule has 2 aliphatic rings. The number of nitrogens with two attached hydrogens (primary N) is 1. The average molecular weight is 583 g/mol. The second-order valence-electron chi connectivity index (χ2n) is 9.81. The van der Waals surface area contributed by atoms with Gasteiger partial charge in [0.25, 0.3) is 5.91 Å². The number of carbonyl (C=O) groups excluding carboxylic acids is 1. The van der Waals surface area contributed by atoms with Crippen molar-refractivity contribution in [3.63, 3.8) is 0 Å². The average Bonchev–Trinajstić information content (AvgIpc) is 2.92. The van der Waals surface area contributed by atoms with Crippen LogP contribution in [0.2, 0.25) is 0 Å². The third-order valence-corrected chi connectivity index (χ3v) is 7.12. The van der Waals surface area contributed by atoms with Gasteiger partial charge in [0.1, 0.15) is 5.16 Å². The number of likely N-dealkylation sites (N-methyl/N-ethyl adjacent to an activating group) is 1. The van der Waals surface area contributed by atoms with E-state index in [4.69, 9.17) is 17.4 Å². The molecule has 0 saturated carbocycles. The Kier molecular flexibility index (Phi) is 9.23. The van der Waals surface area contributed by atoms with Crippen LogP contribution in [-0.2, 0) is 12.7 Å². The first kappa shape index (κ1) is 29.9. The highest BCUT2D eigenvalue weighted by Gasteiger charge is 2.34. The zero-order valence-corrected chi connectivity index (χ0v) is 23.5. The molecular formula is C30H30ClF3N6O. The van der Waals surface area contributed by atoms with Gasteiger partial charge in [-0.1, -0.05) is 42.3 Å². The van der Waals surface area contributed by atoms with E-state index in [-0.39, 0.29) is 29.2 Å². The minimum atomic E-state index is -4.56. The van der Waals surface area contributed by atoms with Crippen LogP contribution in [0.4, 0.5) is 18.9 Å². The minimum Gasteiger partial charge on any atom is -0.322 e. The van der Waals surface area contributed by atoms with Crippen LogP contribution in [0.15, 0.2) is 77.2 Å². The van der Waals surface area contributed by atoms with Crippen LogP contribution in [-0.4, -0.2) is 59.7 Å². The normalized spacial score (nSPS) is 16.7. The van der Waals surface area contributed by atoms with Crippen molar-refractivity contribution in [2.75, 3.05) is 38.5 Å². The first-order valence-corrected chi connectivity index (χ1v) is 13.2. The fourth-order valence-corrected chi connectivity index (χ4v) is 4.70. The highest BCUT2D eigenvalue weighted by atomic mass is 35.5. The zero-order valence-electron chi connectivity index (χ0n) is 22.7. The van der Waals surface area contributed by atoms with Gasteiger partial charge in [-0.05, 0) is 67.4 Å². The molecule has 214 valence electrons. The monoisotopic (exact) mass is 582 g/mol. The van der Waals surface area contributed by atoms with Gasteiger partial charge in [0.2, 0.25) is 5.84 Å². The maximum atomic E-state index is 14.0. The van der Waals surface area contributed by atoms with Crippen LogP contribution in [0, 0.1) is 18.8 Å². The SMILES string of the molecule is C=C1C=CC=C(Cl)N1C(C#Cc1cc(C(=O)Nc2ccc(CN3CCN(C)CC3)c(C(F)(F)F)c2)ccc1C)=NN. The van der Waals surface area contributed by atoms with Crippen LogP contribution in [0.1, 0.15) is 32.6 Å². The number of hydrogen-bond donors (Lipinski definition) is 2. The Morgan fingerprint density at radius 2 is 1.90 bits per heavy atom. The molecular weight excluding hydrogens is 553 g/mol. The van der Waals surface area contributed by atoms with Gasteiger partial charge in [0.05, 0.1) is 5.56 Å². The van der Waals surface area contributed by atoms with Crippen molar-refractivity contribution in [3.05, 3.63) is 99.9 Å². The van der Waals surface area contributed by atoms with E-state index in [2.05, 4.69) is 33.7 Å². The molecule has 11 heteroatoms. The Balaban J connectivity index is 1.53. The highest BCUT2D eigenvalue weighted by molar-refractivity contribution is 6.31. The summed E-state index contributed by atoms with van der Waals surface area (Å²) in [5.41, 5.74) is 1.49. The molecule has 0 bridgehead atoms.